The van der Waals surface area contributed by atoms with Gasteiger partial charge in [-0.1, -0.05) is 13.8 Å². The molecule has 126 valence electrons. The van der Waals surface area contributed by atoms with Crippen LogP contribution in [0.2, 0.25) is 0 Å². The number of nitrogens with one attached hydrogen (secondary N) is 2. The molecule has 1 aliphatic heterocycles. The first kappa shape index (κ1) is 17.7. The summed E-state index contributed by atoms with van der Waals surface area (Å²) in [6, 6.07) is 2.06. The third-order valence-corrected chi connectivity index (χ3v) is 4.44. The number of piperidine rings is 1. The molecule has 6 nitrogen and oxygen atoms in total. The van der Waals surface area contributed by atoms with E-state index in [1.807, 2.05) is 13.8 Å². The Morgan fingerprint density at radius 2 is 2.09 bits per heavy atom. The van der Waals surface area contributed by atoms with Crippen LogP contribution in [-0.2, 0) is 10.2 Å². The standard InChI is InChI=1S/C16H22N4O2.ClH/c1-16(2,9-12(21)22)15-19-13-11(5-8-18-14(13)20-15)10-3-6-17-7-4-10;/h5,8,10,17H,3-4,6-7,9H2,1-2H3,(H,21,22)(H,18,19,20);1H. The second-order valence-electron chi connectivity index (χ2n) is 6.66. The number of rotatable bonds is 4. The second kappa shape index (κ2) is 6.84. The number of aromatic nitrogens is 3. The van der Waals surface area contributed by atoms with Gasteiger partial charge in [0.05, 0.1) is 11.9 Å². The number of aromatic amines is 1. The zero-order chi connectivity index (χ0) is 15.7. The van der Waals surface area contributed by atoms with E-state index in [0.29, 0.717) is 17.4 Å². The van der Waals surface area contributed by atoms with Crippen LogP contribution >= 0.6 is 12.4 Å². The van der Waals surface area contributed by atoms with E-state index in [2.05, 4.69) is 26.3 Å². The molecule has 0 saturated carbocycles. The highest BCUT2D eigenvalue weighted by Gasteiger charge is 2.29. The normalized spacial score (nSPS) is 16.3. The molecule has 0 atom stereocenters. The number of halogens is 1. The zero-order valence-electron chi connectivity index (χ0n) is 13.4. The molecular formula is C16H23ClN4O2. The molecule has 2 aromatic rings. The van der Waals surface area contributed by atoms with E-state index in [4.69, 9.17) is 5.11 Å². The van der Waals surface area contributed by atoms with E-state index < -0.39 is 11.4 Å². The summed E-state index contributed by atoms with van der Waals surface area (Å²) in [5.41, 5.74) is 2.35. The third kappa shape index (κ3) is 3.64. The average Bonchev–Trinajstić information content (AvgIpc) is 2.91. The summed E-state index contributed by atoms with van der Waals surface area (Å²) in [6.45, 7) is 5.84. The van der Waals surface area contributed by atoms with Crippen molar-refractivity contribution in [1.82, 2.24) is 20.3 Å². The maximum atomic E-state index is 11.1. The number of carboxylic acids is 1. The molecule has 0 aromatic carbocycles. The highest BCUT2D eigenvalue weighted by atomic mass is 35.5. The summed E-state index contributed by atoms with van der Waals surface area (Å²) in [7, 11) is 0. The third-order valence-electron chi connectivity index (χ3n) is 4.44. The number of carbonyl (C=O) groups is 1. The molecule has 0 aliphatic carbocycles. The fourth-order valence-electron chi connectivity index (χ4n) is 3.19. The SMILES string of the molecule is CC(C)(CC(=O)O)c1nc2nccc(C3CCNCC3)c2[nH]1.Cl. The van der Waals surface area contributed by atoms with Crippen molar-refractivity contribution < 1.29 is 9.90 Å². The van der Waals surface area contributed by atoms with Crippen LogP contribution in [0.15, 0.2) is 12.3 Å². The molecule has 3 rings (SSSR count). The Kier molecular flexibility index (Phi) is 5.26. The molecule has 1 fully saturated rings. The fourth-order valence-corrected chi connectivity index (χ4v) is 3.19. The Bertz CT molecular complexity index is 692. The molecule has 7 heteroatoms. The minimum Gasteiger partial charge on any atom is -0.481 e. The van der Waals surface area contributed by atoms with Crippen LogP contribution < -0.4 is 5.32 Å². The predicted octanol–water partition coefficient (Wildman–Crippen LogP) is 2.60. The van der Waals surface area contributed by atoms with Crippen LogP contribution in [0.5, 0.6) is 0 Å². The van der Waals surface area contributed by atoms with E-state index >= 15 is 0 Å². The maximum absolute atomic E-state index is 11.1. The van der Waals surface area contributed by atoms with Crippen LogP contribution in [-0.4, -0.2) is 39.1 Å². The molecule has 3 N–H and O–H groups in total. The summed E-state index contributed by atoms with van der Waals surface area (Å²) in [5.74, 6) is 0.374. The Morgan fingerprint density at radius 3 is 2.74 bits per heavy atom. The molecule has 2 aromatic heterocycles. The van der Waals surface area contributed by atoms with Gasteiger partial charge in [0.1, 0.15) is 5.82 Å². The van der Waals surface area contributed by atoms with E-state index in [1.54, 1.807) is 6.20 Å². The van der Waals surface area contributed by atoms with Crippen LogP contribution in [0, 0.1) is 0 Å². The van der Waals surface area contributed by atoms with Crippen LogP contribution in [0.1, 0.15) is 50.4 Å². The number of carboxylic acid groups (broad SMARTS) is 1. The molecule has 0 bridgehead atoms. The van der Waals surface area contributed by atoms with Crippen LogP contribution in [0.25, 0.3) is 11.2 Å². The van der Waals surface area contributed by atoms with Crippen molar-refractivity contribution in [2.45, 2.75) is 44.4 Å². The lowest BCUT2D eigenvalue weighted by atomic mass is 9.88. The van der Waals surface area contributed by atoms with Gasteiger partial charge in [-0.2, -0.15) is 0 Å². The van der Waals surface area contributed by atoms with Crippen LogP contribution in [0.4, 0.5) is 0 Å². The highest BCUT2D eigenvalue weighted by molar-refractivity contribution is 5.85. The first-order valence-corrected chi connectivity index (χ1v) is 7.75. The number of aliphatic carboxylic acids is 1. The zero-order valence-corrected chi connectivity index (χ0v) is 14.2. The van der Waals surface area contributed by atoms with Crippen molar-refractivity contribution in [3.8, 4) is 0 Å². The van der Waals surface area contributed by atoms with Gasteiger partial charge in [0.25, 0.3) is 0 Å². The molecule has 1 saturated heterocycles. The maximum Gasteiger partial charge on any atom is 0.304 e. The summed E-state index contributed by atoms with van der Waals surface area (Å²) >= 11 is 0. The number of hydrogen-bond donors (Lipinski definition) is 3. The van der Waals surface area contributed by atoms with E-state index in [9.17, 15) is 4.79 Å². The van der Waals surface area contributed by atoms with Crippen molar-refractivity contribution >= 4 is 29.5 Å². The van der Waals surface area contributed by atoms with Crippen LogP contribution in [0.3, 0.4) is 0 Å². The monoisotopic (exact) mass is 338 g/mol. The average molecular weight is 339 g/mol. The molecule has 3 heterocycles. The number of fused-ring (bicyclic) bond motifs is 1. The first-order chi connectivity index (χ1) is 10.5. The van der Waals surface area contributed by atoms with E-state index in [0.717, 1.165) is 31.4 Å². The lowest BCUT2D eigenvalue weighted by Crippen LogP contribution is -2.26. The van der Waals surface area contributed by atoms with Gasteiger partial charge < -0.3 is 15.4 Å². The Labute approximate surface area is 141 Å². The minimum absolute atomic E-state index is 0. The molecule has 0 amide bonds. The number of nitrogens with zero attached hydrogens (tertiary/aromatic N) is 2. The summed E-state index contributed by atoms with van der Waals surface area (Å²) in [5, 5.41) is 12.5. The Balaban J connectivity index is 0.00000192. The quantitative estimate of drug-likeness (QED) is 0.797. The Morgan fingerprint density at radius 1 is 1.39 bits per heavy atom. The predicted molar refractivity (Wildman–Crippen MR) is 91.3 cm³/mol. The van der Waals surface area contributed by atoms with Crippen molar-refractivity contribution in [3.63, 3.8) is 0 Å². The van der Waals surface area contributed by atoms with Gasteiger partial charge in [0.2, 0.25) is 0 Å². The minimum atomic E-state index is -0.822. The summed E-state index contributed by atoms with van der Waals surface area (Å²) in [4.78, 5) is 23.3. The highest BCUT2D eigenvalue weighted by Crippen LogP contribution is 2.32. The number of imidazole rings is 1. The van der Waals surface area contributed by atoms with Gasteiger partial charge in [0, 0.05) is 11.6 Å². The molecule has 23 heavy (non-hydrogen) atoms. The topological polar surface area (TPSA) is 90.9 Å². The molecular weight excluding hydrogens is 316 g/mol. The number of hydrogen-bond acceptors (Lipinski definition) is 4. The molecule has 0 radical (unpaired) electrons. The van der Waals surface area contributed by atoms with E-state index in [1.165, 1.54) is 5.56 Å². The van der Waals surface area contributed by atoms with Gasteiger partial charge in [0.15, 0.2) is 5.65 Å². The van der Waals surface area contributed by atoms with Gasteiger partial charge in [-0.15, -0.1) is 12.4 Å². The van der Waals surface area contributed by atoms with Crippen molar-refractivity contribution in [1.29, 1.82) is 0 Å². The van der Waals surface area contributed by atoms with Crippen molar-refractivity contribution in [2.75, 3.05) is 13.1 Å². The molecule has 0 unspecified atom stereocenters. The smallest absolute Gasteiger partial charge is 0.304 e. The Hall–Kier alpha value is -1.66. The molecule has 1 aliphatic rings. The largest absolute Gasteiger partial charge is 0.481 e. The van der Waals surface area contributed by atoms with Gasteiger partial charge >= 0.3 is 5.97 Å². The first-order valence-electron chi connectivity index (χ1n) is 7.75. The fraction of sp³-hybridized carbons (Fsp3) is 0.562. The van der Waals surface area contributed by atoms with Gasteiger partial charge in [-0.25, -0.2) is 9.97 Å². The lowest BCUT2D eigenvalue weighted by Gasteiger charge is -2.23. The molecule has 0 spiro atoms. The summed E-state index contributed by atoms with van der Waals surface area (Å²) < 4.78 is 0. The van der Waals surface area contributed by atoms with E-state index in [-0.39, 0.29) is 18.8 Å². The second-order valence-corrected chi connectivity index (χ2v) is 6.66. The van der Waals surface area contributed by atoms with Crippen molar-refractivity contribution in [3.05, 3.63) is 23.7 Å². The van der Waals surface area contributed by atoms with Gasteiger partial charge in [-0.3, -0.25) is 4.79 Å². The van der Waals surface area contributed by atoms with Crippen molar-refractivity contribution in [2.24, 2.45) is 0 Å². The lowest BCUT2D eigenvalue weighted by molar-refractivity contribution is -0.138. The van der Waals surface area contributed by atoms with Gasteiger partial charge in [-0.05, 0) is 43.5 Å². The summed E-state index contributed by atoms with van der Waals surface area (Å²) in [6.07, 6.45) is 4.04. The number of H-pyrrole nitrogens is 1. The number of pyridine rings is 1.